The van der Waals surface area contributed by atoms with Crippen molar-refractivity contribution in [3.05, 3.63) is 0 Å². The van der Waals surface area contributed by atoms with Crippen molar-refractivity contribution in [3.8, 4) is 0 Å². The van der Waals surface area contributed by atoms with Crippen LogP contribution in [0, 0.1) is 0 Å². The molecule has 0 N–H and O–H groups in total. The monoisotopic (exact) mass is 181 g/mol. The molecule has 2 amide bonds. The lowest BCUT2D eigenvalue weighted by atomic mass is 9.89. The van der Waals surface area contributed by atoms with Gasteiger partial charge in [0.05, 0.1) is 12.8 Å². The molecule has 0 aromatic rings. The third-order valence-corrected chi connectivity index (χ3v) is 2.67. The quantitative estimate of drug-likeness (QED) is 0.430. The SMILES string of the molecule is O=C1CC(=O)N(C2CCC2)C(=O)C1. The summed E-state index contributed by atoms with van der Waals surface area (Å²) in [6, 6.07) is 0.0908. The molecule has 2 rings (SSSR count). The van der Waals surface area contributed by atoms with Crippen LogP contribution in [0.3, 0.4) is 0 Å². The summed E-state index contributed by atoms with van der Waals surface area (Å²) in [6.07, 6.45) is 2.73. The topological polar surface area (TPSA) is 54.5 Å². The third-order valence-electron chi connectivity index (χ3n) is 2.67. The molecule has 0 unspecified atom stereocenters. The Morgan fingerprint density at radius 1 is 1.00 bits per heavy atom. The Morgan fingerprint density at radius 2 is 1.54 bits per heavy atom. The van der Waals surface area contributed by atoms with Gasteiger partial charge >= 0.3 is 0 Å². The Balaban J connectivity index is 2.12. The lowest BCUT2D eigenvalue weighted by Crippen LogP contribution is -2.51. The molecule has 0 aromatic heterocycles. The van der Waals surface area contributed by atoms with Crippen molar-refractivity contribution in [3.63, 3.8) is 0 Å². The van der Waals surface area contributed by atoms with Crippen LogP contribution in [-0.2, 0) is 14.4 Å². The predicted octanol–water partition coefficient (Wildman–Crippen LogP) is 0.257. The number of hydrogen-bond acceptors (Lipinski definition) is 3. The summed E-state index contributed by atoms with van der Waals surface area (Å²) in [7, 11) is 0. The van der Waals surface area contributed by atoms with Gasteiger partial charge in [-0.15, -0.1) is 0 Å². The molecule has 0 bridgehead atoms. The van der Waals surface area contributed by atoms with Gasteiger partial charge in [-0.2, -0.15) is 0 Å². The van der Waals surface area contributed by atoms with E-state index in [1.54, 1.807) is 0 Å². The van der Waals surface area contributed by atoms with Gasteiger partial charge in [-0.25, -0.2) is 0 Å². The number of rotatable bonds is 1. The number of likely N-dealkylation sites (tertiary alicyclic amines) is 1. The summed E-state index contributed by atoms with van der Waals surface area (Å²) in [4.78, 5) is 34.9. The second-order valence-corrected chi connectivity index (χ2v) is 3.63. The van der Waals surface area contributed by atoms with E-state index >= 15 is 0 Å². The molecule has 4 heteroatoms. The number of carbonyl (C=O) groups is 3. The minimum Gasteiger partial charge on any atom is -0.299 e. The lowest BCUT2D eigenvalue weighted by molar-refractivity contribution is -0.155. The molecule has 1 aliphatic heterocycles. The fourth-order valence-corrected chi connectivity index (χ4v) is 1.76. The Morgan fingerprint density at radius 3 is 1.92 bits per heavy atom. The molecule has 0 atom stereocenters. The number of nitrogens with zero attached hydrogens (tertiary/aromatic N) is 1. The first kappa shape index (κ1) is 8.41. The minimum absolute atomic E-state index is 0.0811. The maximum atomic E-state index is 11.3. The largest absolute Gasteiger partial charge is 0.299 e. The number of carbonyl (C=O) groups excluding carboxylic acids is 3. The summed E-state index contributed by atoms with van der Waals surface area (Å²) in [5, 5.41) is 0. The minimum atomic E-state index is -0.300. The van der Waals surface area contributed by atoms with E-state index in [0.717, 1.165) is 19.3 Å². The summed E-state index contributed by atoms with van der Waals surface area (Å²) in [5.41, 5.74) is 0. The number of piperidine rings is 1. The highest BCUT2D eigenvalue weighted by Crippen LogP contribution is 2.27. The molecule has 0 spiro atoms. The second kappa shape index (κ2) is 2.94. The maximum Gasteiger partial charge on any atom is 0.236 e. The highest BCUT2D eigenvalue weighted by atomic mass is 16.2. The fraction of sp³-hybridized carbons (Fsp3) is 0.667. The predicted molar refractivity (Wildman–Crippen MR) is 43.7 cm³/mol. The molecule has 2 aliphatic rings. The first-order valence-corrected chi connectivity index (χ1v) is 4.55. The Kier molecular flexibility index (Phi) is 1.90. The first-order valence-electron chi connectivity index (χ1n) is 4.55. The molecule has 1 saturated heterocycles. The van der Waals surface area contributed by atoms with E-state index in [1.807, 2.05) is 0 Å². The van der Waals surface area contributed by atoms with Crippen LogP contribution in [0.15, 0.2) is 0 Å². The van der Waals surface area contributed by atoms with Gasteiger partial charge in [0, 0.05) is 6.04 Å². The number of Topliss-reactive ketones (excluding diaryl/α,β-unsaturated/α-hetero) is 1. The van der Waals surface area contributed by atoms with E-state index in [1.165, 1.54) is 4.90 Å². The summed E-state index contributed by atoms with van der Waals surface area (Å²) < 4.78 is 0. The van der Waals surface area contributed by atoms with E-state index in [0.29, 0.717) is 0 Å². The van der Waals surface area contributed by atoms with Crippen LogP contribution in [-0.4, -0.2) is 28.5 Å². The molecule has 4 nitrogen and oxygen atoms in total. The molecule has 0 aromatic carbocycles. The first-order chi connectivity index (χ1) is 6.18. The van der Waals surface area contributed by atoms with Crippen LogP contribution >= 0.6 is 0 Å². The zero-order chi connectivity index (χ0) is 9.42. The van der Waals surface area contributed by atoms with E-state index in [-0.39, 0.29) is 36.5 Å². The van der Waals surface area contributed by atoms with Crippen molar-refractivity contribution in [1.29, 1.82) is 0 Å². The van der Waals surface area contributed by atoms with E-state index in [9.17, 15) is 14.4 Å². The number of imide groups is 1. The lowest BCUT2D eigenvalue weighted by Gasteiger charge is -2.37. The highest BCUT2D eigenvalue weighted by Gasteiger charge is 2.38. The molecule has 1 saturated carbocycles. The van der Waals surface area contributed by atoms with Crippen molar-refractivity contribution >= 4 is 17.6 Å². The van der Waals surface area contributed by atoms with Gasteiger partial charge in [-0.05, 0) is 19.3 Å². The Labute approximate surface area is 75.9 Å². The van der Waals surface area contributed by atoms with Gasteiger partial charge in [0.15, 0.2) is 5.78 Å². The van der Waals surface area contributed by atoms with Crippen molar-refractivity contribution < 1.29 is 14.4 Å². The van der Waals surface area contributed by atoms with E-state index in [4.69, 9.17) is 0 Å². The molecule has 2 fully saturated rings. The third kappa shape index (κ3) is 1.36. The van der Waals surface area contributed by atoms with E-state index < -0.39 is 0 Å². The molecule has 1 heterocycles. The van der Waals surface area contributed by atoms with E-state index in [2.05, 4.69) is 0 Å². The molecular formula is C9H11NO3. The number of hydrogen-bond donors (Lipinski definition) is 0. The average molecular weight is 181 g/mol. The van der Waals surface area contributed by atoms with Crippen molar-refractivity contribution in [1.82, 2.24) is 4.90 Å². The van der Waals surface area contributed by atoms with Gasteiger partial charge in [-0.1, -0.05) is 0 Å². The molecular weight excluding hydrogens is 170 g/mol. The van der Waals surface area contributed by atoms with Crippen LogP contribution in [0.2, 0.25) is 0 Å². The Bertz CT molecular complexity index is 261. The zero-order valence-corrected chi connectivity index (χ0v) is 7.28. The van der Waals surface area contributed by atoms with Crippen molar-refractivity contribution in [2.45, 2.75) is 38.1 Å². The van der Waals surface area contributed by atoms with Gasteiger partial charge < -0.3 is 0 Å². The van der Waals surface area contributed by atoms with Crippen LogP contribution in [0.5, 0.6) is 0 Å². The second-order valence-electron chi connectivity index (χ2n) is 3.63. The summed E-state index contributed by atoms with van der Waals surface area (Å²) in [5.74, 6) is -0.845. The number of ketones is 1. The fourth-order valence-electron chi connectivity index (χ4n) is 1.76. The van der Waals surface area contributed by atoms with Crippen molar-refractivity contribution in [2.24, 2.45) is 0 Å². The summed E-state index contributed by atoms with van der Waals surface area (Å²) >= 11 is 0. The van der Waals surface area contributed by atoms with Crippen LogP contribution in [0.25, 0.3) is 0 Å². The standard InChI is InChI=1S/C9H11NO3/c11-7-4-8(12)10(9(13)5-7)6-2-1-3-6/h6H,1-5H2. The zero-order valence-electron chi connectivity index (χ0n) is 7.28. The van der Waals surface area contributed by atoms with Crippen LogP contribution in [0.1, 0.15) is 32.1 Å². The normalized spacial score (nSPS) is 24.9. The number of amides is 2. The van der Waals surface area contributed by atoms with Crippen molar-refractivity contribution in [2.75, 3.05) is 0 Å². The van der Waals surface area contributed by atoms with Gasteiger partial charge in [0.2, 0.25) is 11.8 Å². The van der Waals surface area contributed by atoms with Gasteiger partial charge in [0.1, 0.15) is 0 Å². The molecule has 1 aliphatic carbocycles. The molecule has 0 radical (unpaired) electrons. The van der Waals surface area contributed by atoms with Crippen LogP contribution < -0.4 is 0 Å². The molecule has 13 heavy (non-hydrogen) atoms. The highest BCUT2D eigenvalue weighted by molar-refractivity contribution is 6.16. The smallest absolute Gasteiger partial charge is 0.236 e. The summed E-state index contributed by atoms with van der Waals surface area (Å²) in [6.45, 7) is 0. The van der Waals surface area contributed by atoms with Crippen LogP contribution in [0.4, 0.5) is 0 Å². The molecule has 70 valence electrons. The van der Waals surface area contributed by atoms with Gasteiger partial charge in [0.25, 0.3) is 0 Å². The maximum absolute atomic E-state index is 11.3. The van der Waals surface area contributed by atoms with Gasteiger partial charge in [-0.3, -0.25) is 19.3 Å². The average Bonchev–Trinajstić information content (AvgIpc) is 1.92. The Hall–Kier alpha value is -1.19.